The zero-order valence-electron chi connectivity index (χ0n) is 13.6. The molecule has 7 nitrogen and oxygen atoms in total. The average molecular weight is 330 g/mol. The molecule has 2 aromatic carbocycles. The summed E-state index contributed by atoms with van der Waals surface area (Å²) in [6.07, 6.45) is 0. The Hall–Kier alpha value is -3.06. The molecule has 0 heterocycles. The number of hydrogen-bond donors (Lipinski definition) is 2. The number of nitrogens with zero attached hydrogens (tertiary/aromatic N) is 1. The second-order valence-corrected chi connectivity index (χ2v) is 4.92. The van der Waals surface area contributed by atoms with Crippen LogP contribution in [0.25, 0.3) is 0 Å². The minimum absolute atomic E-state index is 0.240. The van der Waals surface area contributed by atoms with Gasteiger partial charge >= 0.3 is 0 Å². The van der Waals surface area contributed by atoms with Crippen LogP contribution in [0.2, 0.25) is 0 Å². The Kier molecular flexibility index (Phi) is 5.39. The minimum Gasteiger partial charge on any atom is -0.493 e. The lowest BCUT2D eigenvalue weighted by molar-refractivity contribution is 0.0706. The van der Waals surface area contributed by atoms with Gasteiger partial charge in [0.05, 0.1) is 14.2 Å². The summed E-state index contributed by atoms with van der Waals surface area (Å²) in [6, 6.07) is 11.2. The molecular formula is C17H18N2O5. The maximum Gasteiger partial charge on any atom is 0.274 e. The third kappa shape index (κ3) is 3.47. The first-order chi connectivity index (χ1) is 11.5. The van der Waals surface area contributed by atoms with E-state index in [-0.39, 0.29) is 11.5 Å². The van der Waals surface area contributed by atoms with E-state index in [2.05, 4.69) is 0 Å². The van der Waals surface area contributed by atoms with Gasteiger partial charge in [0, 0.05) is 23.9 Å². The number of rotatable bonds is 5. The molecule has 0 spiro atoms. The number of carbonyl (C=O) groups excluding carboxylic acids is 2. The molecule has 0 bridgehead atoms. The van der Waals surface area contributed by atoms with Crippen molar-refractivity contribution in [3.05, 3.63) is 53.6 Å². The van der Waals surface area contributed by atoms with E-state index >= 15 is 0 Å². The number of hydrogen-bond acceptors (Lipinski definition) is 5. The van der Waals surface area contributed by atoms with Crippen LogP contribution < -0.4 is 19.9 Å². The molecule has 7 heteroatoms. The fraction of sp³-hybridized carbons (Fsp3) is 0.176. The molecule has 0 fully saturated rings. The van der Waals surface area contributed by atoms with Crippen molar-refractivity contribution in [2.24, 2.45) is 0 Å². The third-order valence-corrected chi connectivity index (χ3v) is 3.55. The van der Waals surface area contributed by atoms with E-state index in [4.69, 9.17) is 14.7 Å². The van der Waals surface area contributed by atoms with Gasteiger partial charge in [-0.1, -0.05) is 0 Å². The Morgan fingerprint density at radius 2 is 1.54 bits per heavy atom. The monoisotopic (exact) mass is 330 g/mol. The molecule has 24 heavy (non-hydrogen) atoms. The summed E-state index contributed by atoms with van der Waals surface area (Å²) in [6.45, 7) is 0. The number of benzene rings is 2. The van der Waals surface area contributed by atoms with E-state index in [1.165, 1.54) is 31.3 Å². The van der Waals surface area contributed by atoms with E-state index in [0.717, 1.165) is 0 Å². The van der Waals surface area contributed by atoms with Gasteiger partial charge in [0.25, 0.3) is 11.8 Å². The molecular weight excluding hydrogens is 312 g/mol. The molecule has 0 radical (unpaired) electrons. The molecule has 0 aliphatic heterocycles. The molecule has 126 valence electrons. The van der Waals surface area contributed by atoms with E-state index < -0.39 is 5.91 Å². The van der Waals surface area contributed by atoms with Gasteiger partial charge in [0.2, 0.25) is 0 Å². The first-order valence-electron chi connectivity index (χ1n) is 7.06. The molecule has 2 amide bonds. The van der Waals surface area contributed by atoms with E-state index in [9.17, 15) is 9.59 Å². The molecule has 0 saturated heterocycles. The topological polar surface area (TPSA) is 88.1 Å². The Balaban J connectivity index is 2.24. The zero-order valence-corrected chi connectivity index (χ0v) is 13.6. The lowest BCUT2D eigenvalue weighted by atomic mass is 10.1. The molecule has 0 aliphatic rings. The zero-order chi connectivity index (χ0) is 17.7. The summed E-state index contributed by atoms with van der Waals surface area (Å²) in [5, 5.41) is 8.61. The van der Waals surface area contributed by atoms with E-state index in [1.807, 2.05) is 0 Å². The maximum absolute atomic E-state index is 12.6. The van der Waals surface area contributed by atoms with Crippen LogP contribution in [0.4, 0.5) is 5.69 Å². The first kappa shape index (κ1) is 17.3. The number of amides is 2. The molecule has 0 unspecified atom stereocenters. The number of nitrogens with one attached hydrogen (secondary N) is 1. The fourth-order valence-corrected chi connectivity index (χ4v) is 2.18. The Morgan fingerprint density at radius 1 is 0.958 bits per heavy atom. The van der Waals surface area contributed by atoms with Gasteiger partial charge in [0.15, 0.2) is 11.5 Å². The van der Waals surface area contributed by atoms with Crippen molar-refractivity contribution in [2.75, 3.05) is 26.2 Å². The molecule has 0 atom stereocenters. The largest absolute Gasteiger partial charge is 0.493 e. The van der Waals surface area contributed by atoms with Crippen LogP contribution in [-0.4, -0.2) is 38.3 Å². The summed E-state index contributed by atoms with van der Waals surface area (Å²) < 4.78 is 10.4. The van der Waals surface area contributed by atoms with Crippen LogP contribution in [0, 0.1) is 0 Å². The highest BCUT2D eigenvalue weighted by Gasteiger charge is 2.16. The van der Waals surface area contributed by atoms with Gasteiger partial charge in [-0.15, -0.1) is 0 Å². The van der Waals surface area contributed by atoms with Crippen molar-refractivity contribution in [2.45, 2.75) is 0 Å². The third-order valence-electron chi connectivity index (χ3n) is 3.55. The number of methoxy groups -OCH3 is 2. The second kappa shape index (κ2) is 7.47. The lowest BCUT2D eigenvalue weighted by Gasteiger charge is -2.18. The minimum atomic E-state index is -0.615. The predicted octanol–water partition coefficient (Wildman–Crippen LogP) is 2.10. The molecule has 2 rings (SSSR count). The molecule has 0 aromatic heterocycles. The summed E-state index contributed by atoms with van der Waals surface area (Å²) in [5.74, 6) is 0.147. The number of carbonyl (C=O) groups is 2. The Morgan fingerprint density at radius 3 is 2.08 bits per heavy atom. The highest BCUT2D eigenvalue weighted by Crippen LogP contribution is 2.28. The van der Waals surface area contributed by atoms with Crippen molar-refractivity contribution in [3.63, 3.8) is 0 Å². The van der Waals surface area contributed by atoms with Gasteiger partial charge in [-0.25, -0.2) is 5.48 Å². The molecule has 0 aliphatic carbocycles. The van der Waals surface area contributed by atoms with Gasteiger partial charge in [-0.2, -0.15) is 0 Å². The highest BCUT2D eigenvalue weighted by atomic mass is 16.5. The number of anilines is 1. The summed E-state index contributed by atoms with van der Waals surface area (Å²) in [5.41, 5.74) is 2.88. The molecule has 2 N–H and O–H groups in total. The van der Waals surface area contributed by atoms with Crippen LogP contribution in [0.5, 0.6) is 11.5 Å². The van der Waals surface area contributed by atoms with Gasteiger partial charge < -0.3 is 14.4 Å². The maximum atomic E-state index is 12.6. The summed E-state index contributed by atoms with van der Waals surface area (Å²) in [7, 11) is 4.65. The standard InChI is InChI=1S/C17H18N2O5/c1-19(13-7-4-11(5-8-13)16(20)18-22)17(21)12-6-9-14(23-2)15(10-12)24-3/h4-10,22H,1-3H3,(H,18,20). The van der Waals surface area contributed by atoms with Crippen molar-refractivity contribution < 1.29 is 24.3 Å². The van der Waals surface area contributed by atoms with Crippen molar-refractivity contribution in [3.8, 4) is 11.5 Å². The number of ether oxygens (including phenoxy) is 2. The highest BCUT2D eigenvalue weighted by molar-refractivity contribution is 6.06. The first-order valence-corrected chi connectivity index (χ1v) is 7.06. The van der Waals surface area contributed by atoms with E-state index in [1.54, 1.807) is 42.9 Å². The van der Waals surface area contributed by atoms with Gasteiger partial charge in [0.1, 0.15) is 0 Å². The predicted molar refractivity (Wildman–Crippen MR) is 88.0 cm³/mol. The summed E-state index contributed by atoms with van der Waals surface area (Å²) in [4.78, 5) is 25.4. The smallest absolute Gasteiger partial charge is 0.274 e. The van der Waals surface area contributed by atoms with Crippen molar-refractivity contribution in [1.82, 2.24) is 5.48 Å². The van der Waals surface area contributed by atoms with Gasteiger partial charge in [-0.05, 0) is 42.5 Å². The summed E-state index contributed by atoms with van der Waals surface area (Å²) >= 11 is 0. The average Bonchev–Trinajstić information content (AvgIpc) is 2.65. The van der Waals surface area contributed by atoms with Crippen LogP contribution in [0.15, 0.2) is 42.5 Å². The Bertz CT molecular complexity index is 743. The molecule has 2 aromatic rings. The SMILES string of the molecule is COc1ccc(C(=O)N(C)c2ccc(C(=O)NO)cc2)cc1OC. The van der Waals surface area contributed by atoms with Crippen molar-refractivity contribution >= 4 is 17.5 Å². The molecule has 0 saturated carbocycles. The fourth-order valence-electron chi connectivity index (χ4n) is 2.18. The quantitative estimate of drug-likeness (QED) is 0.647. The van der Waals surface area contributed by atoms with Crippen molar-refractivity contribution in [1.29, 1.82) is 0 Å². The van der Waals surface area contributed by atoms with E-state index in [0.29, 0.717) is 22.7 Å². The Labute approximate surface area is 139 Å². The van der Waals surface area contributed by atoms with Crippen LogP contribution in [0.3, 0.4) is 0 Å². The second-order valence-electron chi connectivity index (χ2n) is 4.92. The number of hydroxylamine groups is 1. The van der Waals surface area contributed by atoms with Crippen LogP contribution in [0.1, 0.15) is 20.7 Å². The van der Waals surface area contributed by atoms with Crippen LogP contribution in [-0.2, 0) is 0 Å². The lowest BCUT2D eigenvalue weighted by Crippen LogP contribution is -2.26. The van der Waals surface area contributed by atoms with Gasteiger partial charge in [-0.3, -0.25) is 14.8 Å². The van der Waals surface area contributed by atoms with Crippen LogP contribution >= 0.6 is 0 Å². The normalized spacial score (nSPS) is 10.0.